The lowest BCUT2D eigenvalue weighted by molar-refractivity contribution is -0.143. The van der Waals surface area contributed by atoms with Crippen LogP contribution in [0.1, 0.15) is 69.9 Å². The standard InChI is InChI=1S/C28H42N4O4S/c1-7-12-31(6)26(36)16(2)20-8-11-28(5)15-21-23(17(3)22(28)24(20)34)29-27(37-21)30-25(35)19-9-13-32(14-10-19)18(4)33/h7,16-17,19-20,22,24,34H,1,8-15H2,2-6H3,(H,29,30,35)/t16-,17-,20-,22+,24-,28+/m0/s1. The molecule has 2 aliphatic carbocycles. The molecule has 0 unspecified atom stereocenters. The first-order chi connectivity index (χ1) is 17.5. The molecular weight excluding hydrogens is 488 g/mol. The molecular formula is C28H42N4O4S. The van der Waals surface area contributed by atoms with Gasteiger partial charge in [-0.05, 0) is 49.4 Å². The van der Waals surface area contributed by atoms with E-state index in [1.807, 2.05) is 6.92 Å². The van der Waals surface area contributed by atoms with E-state index in [1.165, 1.54) is 4.88 Å². The lowest BCUT2D eigenvalue weighted by Crippen LogP contribution is -2.53. The Bertz CT molecular complexity index is 1050. The number of likely N-dealkylation sites (tertiary alicyclic amines) is 1. The van der Waals surface area contributed by atoms with E-state index in [4.69, 9.17) is 4.98 Å². The van der Waals surface area contributed by atoms with Gasteiger partial charge in [-0.15, -0.1) is 17.9 Å². The zero-order valence-electron chi connectivity index (χ0n) is 22.8. The summed E-state index contributed by atoms with van der Waals surface area (Å²) in [6.07, 6.45) is 5.04. The Morgan fingerprint density at radius 1 is 1.32 bits per heavy atom. The Labute approximate surface area is 224 Å². The fourth-order valence-electron chi connectivity index (χ4n) is 7.08. The molecule has 4 rings (SSSR count). The van der Waals surface area contributed by atoms with E-state index < -0.39 is 6.10 Å². The van der Waals surface area contributed by atoms with Crippen molar-refractivity contribution in [3.8, 4) is 0 Å². The molecule has 1 saturated heterocycles. The molecule has 204 valence electrons. The number of thiazole rings is 1. The fourth-order valence-corrected chi connectivity index (χ4v) is 8.35. The highest BCUT2D eigenvalue weighted by molar-refractivity contribution is 7.15. The van der Waals surface area contributed by atoms with Crippen LogP contribution in [-0.2, 0) is 20.8 Å². The largest absolute Gasteiger partial charge is 0.392 e. The molecule has 1 aliphatic heterocycles. The van der Waals surface area contributed by atoms with Crippen LogP contribution in [0.15, 0.2) is 12.7 Å². The summed E-state index contributed by atoms with van der Waals surface area (Å²) in [5, 5.41) is 15.3. The lowest BCUT2D eigenvalue weighted by atomic mass is 9.53. The molecule has 0 spiro atoms. The van der Waals surface area contributed by atoms with Crippen molar-refractivity contribution in [3.63, 3.8) is 0 Å². The molecule has 2 N–H and O–H groups in total. The van der Waals surface area contributed by atoms with E-state index in [2.05, 4.69) is 25.7 Å². The Kier molecular flexibility index (Phi) is 8.14. The number of anilines is 1. The van der Waals surface area contributed by atoms with Gasteiger partial charge in [0.2, 0.25) is 17.7 Å². The maximum absolute atomic E-state index is 13.0. The Morgan fingerprint density at radius 2 is 2.00 bits per heavy atom. The smallest absolute Gasteiger partial charge is 0.229 e. The number of aliphatic hydroxyl groups excluding tert-OH is 1. The predicted octanol–water partition coefficient (Wildman–Crippen LogP) is 3.67. The Hall–Kier alpha value is -2.26. The van der Waals surface area contributed by atoms with Gasteiger partial charge >= 0.3 is 0 Å². The molecule has 2 fully saturated rings. The van der Waals surface area contributed by atoms with Crippen LogP contribution in [-0.4, -0.2) is 70.4 Å². The molecule has 1 aromatic heterocycles. The summed E-state index contributed by atoms with van der Waals surface area (Å²) in [5.74, 6) is -0.373. The molecule has 3 amide bonds. The van der Waals surface area contributed by atoms with Crippen molar-refractivity contribution in [1.29, 1.82) is 0 Å². The zero-order chi connectivity index (χ0) is 27.1. The molecule has 0 radical (unpaired) electrons. The number of carbonyl (C=O) groups is 3. The van der Waals surface area contributed by atoms with Crippen LogP contribution < -0.4 is 5.32 Å². The first kappa shape index (κ1) is 27.8. The van der Waals surface area contributed by atoms with Gasteiger partial charge in [0.25, 0.3) is 0 Å². The van der Waals surface area contributed by atoms with Crippen molar-refractivity contribution in [2.75, 3.05) is 32.0 Å². The fraction of sp³-hybridized carbons (Fsp3) is 0.714. The van der Waals surface area contributed by atoms with E-state index in [0.717, 1.165) is 25.0 Å². The molecule has 1 aromatic rings. The van der Waals surface area contributed by atoms with Gasteiger partial charge in [-0.3, -0.25) is 14.4 Å². The predicted molar refractivity (Wildman–Crippen MR) is 145 cm³/mol. The van der Waals surface area contributed by atoms with Crippen molar-refractivity contribution >= 4 is 34.2 Å². The highest BCUT2D eigenvalue weighted by atomic mass is 32.1. The van der Waals surface area contributed by atoms with Gasteiger partial charge in [-0.1, -0.05) is 26.8 Å². The third-order valence-electron chi connectivity index (χ3n) is 9.27. The maximum Gasteiger partial charge on any atom is 0.229 e. The van der Waals surface area contributed by atoms with Crippen molar-refractivity contribution in [2.45, 2.75) is 71.8 Å². The number of nitrogens with zero attached hydrogens (tertiary/aromatic N) is 3. The van der Waals surface area contributed by atoms with Crippen LogP contribution in [0.3, 0.4) is 0 Å². The third-order valence-corrected chi connectivity index (χ3v) is 10.3. The average Bonchev–Trinajstić information content (AvgIpc) is 3.25. The molecule has 0 bridgehead atoms. The number of aliphatic hydroxyl groups is 1. The van der Waals surface area contributed by atoms with Gasteiger partial charge in [0.05, 0.1) is 11.8 Å². The normalized spacial score (nSPS) is 30.6. The lowest BCUT2D eigenvalue weighted by Gasteiger charge is -2.53. The number of fused-ring (bicyclic) bond motifs is 2. The van der Waals surface area contributed by atoms with Gasteiger partial charge < -0.3 is 20.2 Å². The number of amides is 3. The van der Waals surface area contributed by atoms with E-state index in [9.17, 15) is 19.5 Å². The number of rotatable bonds is 6. The van der Waals surface area contributed by atoms with Gasteiger partial charge in [-0.2, -0.15) is 0 Å². The molecule has 37 heavy (non-hydrogen) atoms. The van der Waals surface area contributed by atoms with Gasteiger partial charge in [0.15, 0.2) is 5.13 Å². The number of piperidine rings is 1. The zero-order valence-corrected chi connectivity index (χ0v) is 23.6. The van der Waals surface area contributed by atoms with Crippen molar-refractivity contribution in [3.05, 3.63) is 23.2 Å². The summed E-state index contributed by atoms with van der Waals surface area (Å²) in [5.41, 5.74) is 0.891. The van der Waals surface area contributed by atoms with E-state index in [-0.39, 0.29) is 52.7 Å². The van der Waals surface area contributed by atoms with Gasteiger partial charge in [0.1, 0.15) is 0 Å². The maximum atomic E-state index is 13.0. The second-order valence-corrected chi connectivity index (χ2v) is 12.8. The minimum atomic E-state index is -0.593. The summed E-state index contributed by atoms with van der Waals surface area (Å²) < 4.78 is 0. The first-order valence-electron chi connectivity index (χ1n) is 13.6. The SMILES string of the molecule is C=CCN(C)C(=O)[C@@H](C)[C@@H]1CC[C@]2(C)Cc3sc(NC(=O)C4CCN(C(C)=O)CC4)nc3[C@@H](C)[C@@H]2[C@H]1O. The summed E-state index contributed by atoms with van der Waals surface area (Å²) in [6, 6.07) is 0. The van der Waals surface area contributed by atoms with Crippen LogP contribution >= 0.6 is 11.3 Å². The molecule has 0 aromatic carbocycles. The monoisotopic (exact) mass is 530 g/mol. The third kappa shape index (κ3) is 5.35. The quantitative estimate of drug-likeness (QED) is 0.547. The Balaban J connectivity index is 1.47. The molecule has 8 nitrogen and oxygen atoms in total. The van der Waals surface area contributed by atoms with E-state index in [1.54, 1.807) is 41.2 Å². The van der Waals surface area contributed by atoms with E-state index in [0.29, 0.717) is 37.6 Å². The second-order valence-electron chi connectivity index (χ2n) is 11.7. The highest BCUT2D eigenvalue weighted by Gasteiger charge is 2.54. The minimum Gasteiger partial charge on any atom is -0.392 e. The first-order valence-corrected chi connectivity index (χ1v) is 14.4. The molecule has 2 heterocycles. The van der Waals surface area contributed by atoms with Crippen LogP contribution in [0.5, 0.6) is 0 Å². The van der Waals surface area contributed by atoms with Crippen LogP contribution in [0.4, 0.5) is 5.13 Å². The number of hydrogen-bond acceptors (Lipinski definition) is 6. The molecule has 6 atom stereocenters. The number of likely N-dealkylation sites (N-methyl/N-ethyl adjacent to an activating group) is 1. The number of hydrogen-bond donors (Lipinski definition) is 2. The summed E-state index contributed by atoms with van der Waals surface area (Å²) in [6.45, 7) is 13.3. The van der Waals surface area contributed by atoms with Crippen molar-refractivity contribution < 1.29 is 19.5 Å². The van der Waals surface area contributed by atoms with Gasteiger partial charge in [0, 0.05) is 56.2 Å². The van der Waals surface area contributed by atoms with Crippen LogP contribution in [0.2, 0.25) is 0 Å². The minimum absolute atomic E-state index is 0.000250. The summed E-state index contributed by atoms with van der Waals surface area (Å²) in [7, 11) is 1.78. The van der Waals surface area contributed by atoms with Crippen molar-refractivity contribution in [2.24, 2.45) is 29.1 Å². The second kappa shape index (κ2) is 10.8. The molecule has 9 heteroatoms. The number of aromatic nitrogens is 1. The van der Waals surface area contributed by atoms with Crippen LogP contribution in [0.25, 0.3) is 0 Å². The topological polar surface area (TPSA) is 103 Å². The van der Waals surface area contributed by atoms with Crippen molar-refractivity contribution in [1.82, 2.24) is 14.8 Å². The van der Waals surface area contributed by atoms with Gasteiger partial charge in [-0.25, -0.2) is 4.98 Å². The van der Waals surface area contributed by atoms with Crippen LogP contribution in [0, 0.1) is 29.1 Å². The highest BCUT2D eigenvalue weighted by Crippen LogP contribution is 2.57. The molecule has 3 aliphatic rings. The Morgan fingerprint density at radius 3 is 2.62 bits per heavy atom. The summed E-state index contributed by atoms with van der Waals surface area (Å²) in [4.78, 5) is 47.0. The number of carbonyl (C=O) groups excluding carboxylic acids is 3. The average molecular weight is 531 g/mol. The number of nitrogens with one attached hydrogen (secondary N) is 1. The summed E-state index contributed by atoms with van der Waals surface area (Å²) >= 11 is 1.55. The molecule has 1 saturated carbocycles. The van der Waals surface area contributed by atoms with E-state index >= 15 is 0 Å².